The Bertz CT molecular complexity index is 408. The van der Waals surface area contributed by atoms with E-state index in [4.69, 9.17) is 4.74 Å². The Morgan fingerprint density at radius 3 is 3.12 bits per heavy atom. The number of halogens is 1. The summed E-state index contributed by atoms with van der Waals surface area (Å²) in [5.74, 6) is 0.830. The summed E-state index contributed by atoms with van der Waals surface area (Å²) >= 11 is 3.47. The van der Waals surface area contributed by atoms with Gasteiger partial charge in [0.2, 0.25) is 0 Å². The van der Waals surface area contributed by atoms with Crippen molar-refractivity contribution >= 4 is 21.8 Å². The Balaban J connectivity index is 2.18. The molecule has 1 fully saturated rings. The van der Waals surface area contributed by atoms with Crippen molar-refractivity contribution in [3.8, 4) is 5.75 Å². The van der Waals surface area contributed by atoms with Crippen LogP contribution >= 0.6 is 15.9 Å². The van der Waals surface area contributed by atoms with Gasteiger partial charge in [-0.25, -0.2) is 0 Å². The zero-order valence-corrected chi connectivity index (χ0v) is 11.4. The van der Waals surface area contributed by atoms with Crippen LogP contribution in [0.3, 0.4) is 0 Å². The first-order valence-corrected chi connectivity index (χ1v) is 6.89. The number of carbonyl (C=O) groups is 1. The molecular formula is C13H16BrNO2. The average molecular weight is 298 g/mol. The van der Waals surface area contributed by atoms with Gasteiger partial charge in [0.05, 0.1) is 7.11 Å². The SMILES string of the molecule is COc1cccc(C(=O)N2CCCC2CBr)c1. The van der Waals surface area contributed by atoms with Crippen molar-refractivity contribution in [2.24, 2.45) is 0 Å². The van der Waals surface area contributed by atoms with E-state index < -0.39 is 0 Å². The van der Waals surface area contributed by atoms with Gasteiger partial charge in [-0.1, -0.05) is 22.0 Å². The minimum absolute atomic E-state index is 0.103. The van der Waals surface area contributed by atoms with Gasteiger partial charge in [-0.15, -0.1) is 0 Å². The van der Waals surface area contributed by atoms with E-state index in [-0.39, 0.29) is 5.91 Å². The molecular weight excluding hydrogens is 282 g/mol. The lowest BCUT2D eigenvalue weighted by Gasteiger charge is -2.23. The van der Waals surface area contributed by atoms with Crippen molar-refractivity contribution in [2.45, 2.75) is 18.9 Å². The minimum atomic E-state index is 0.103. The summed E-state index contributed by atoms with van der Waals surface area (Å²) in [6.45, 7) is 0.853. The monoisotopic (exact) mass is 297 g/mol. The van der Waals surface area contributed by atoms with Crippen LogP contribution in [-0.2, 0) is 0 Å². The van der Waals surface area contributed by atoms with Gasteiger partial charge in [-0.3, -0.25) is 4.79 Å². The Labute approximate surface area is 110 Å². The van der Waals surface area contributed by atoms with Gasteiger partial charge < -0.3 is 9.64 Å². The van der Waals surface area contributed by atoms with Gasteiger partial charge in [0, 0.05) is 23.5 Å². The number of rotatable bonds is 3. The third-order valence-corrected chi connectivity index (χ3v) is 3.88. The van der Waals surface area contributed by atoms with Crippen LogP contribution in [0.4, 0.5) is 0 Å². The predicted molar refractivity (Wildman–Crippen MR) is 70.8 cm³/mol. The van der Waals surface area contributed by atoms with Crippen molar-refractivity contribution in [3.63, 3.8) is 0 Å². The fourth-order valence-corrected chi connectivity index (χ4v) is 2.86. The van der Waals surface area contributed by atoms with E-state index in [2.05, 4.69) is 15.9 Å². The molecule has 0 aliphatic carbocycles. The molecule has 1 unspecified atom stereocenters. The Hall–Kier alpha value is -1.03. The average Bonchev–Trinajstić information content (AvgIpc) is 2.86. The molecule has 2 rings (SSSR count). The first-order chi connectivity index (χ1) is 8.26. The second kappa shape index (κ2) is 5.54. The Kier molecular flexibility index (Phi) is 4.05. The first-order valence-electron chi connectivity index (χ1n) is 5.77. The summed E-state index contributed by atoms with van der Waals surface area (Å²) in [5.41, 5.74) is 0.706. The van der Waals surface area contributed by atoms with Crippen LogP contribution in [0.1, 0.15) is 23.2 Å². The number of hydrogen-bond acceptors (Lipinski definition) is 2. The number of nitrogens with zero attached hydrogens (tertiary/aromatic N) is 1. The number of amides is 1. The van der Waals surface area contributed by atoms with Gasteiger partial charge >= 0.3 is 0 Å². The quantitative estimate of drug-likeness (QED) is 0.803. The van der Waals surface area contributed by atoms with Crippen molar-refractivity contribution in [3.05, 3.63) is 29.8 Å². The second-order valence-corrected chi connectivity index (χ2v) is 4.83. The molecule has 1 heterocycles. The number of methoxy groups -OCH3 is 1. The summed E-state index contributed by atoms with van der Waals surface area (Å²) < 4.78 is 5.14. The highest BCUT2D eigenvalue weighted by atomic mass is 79.9. The molecule has 0 saturated carbocycles. The van der Waals surface area contributed by atoms with Crippen LogP contribution in [0.2, 0.25) is 0 Å². The molecule has 4 heteroatoms. The molecule has 1 saturated heterocycles. The van der Waals surface area contributed by atoms with E-state index in [0.29, 0.717) is 11.6 Å². The highest BCUT2D eigenvalue weighted by Crippen LogP contribution is 2.22. The minimum Gasteiger partial charge on any atom is -0.497 e. The number of hydrogen-bond donors (Lipinski definition) is 0. The molecule has 0 bridgehead atoms. The van der Waals surface area contributed by atoms with Gasteiger partial charge in [0.1, 0.15) is 5.75 Å². The summed E-state index contributed by atoms with van der Waals surface area (Å²) in [6, 6.07) is 7.67. The molecule has 0 spiro atoms. The largest absolute Gasteiger partial charge is 0.497 e. The fraction of sp³-hybridized carbons (Fsp3) is 0.462. The summed E-state index contributed by atoms with van der Waals surface area (Å²) in [5, 5.41) is 0.850. The van der Waals surface area contributed by atoms with Crippen LogP contribution < -0.4 is 4.74 Å². The van der Waals surface area contributed by atoms with Gasteiger partial charge in [-0.2, -0.15) is 0 Å². The lowest BCUT2D eigenvalue weighted by Crippen LogP contribution is -2.36. The van der Waals surface area contributed by atoms with E-state index in [0.717, 1.165) is 30.5 Å². The lowest BCUT2D eigenvalue weighted by atomic mass is 10.1. The van der Waals surface area contributed by atoms with Crippen LogP contribution in [0.15, 0.2) is 24.3 Å². The maximum Gasteiger partial charge on any atom is 0.254 e. The van der Waals surface area contributed by atoms with E-state index in [1.165, 1.54) is 0 Å². The molecule has 17 heavy (non-hydrogen) atoms. The third kappa shape index (κ3) is 2.63. The van der Waals surface area contributed by atoms with Crippen molar-refractivity contribution in [2.75, 3.05) is 19.0 Å². The Morgan fingerprint density at radius 1 is 1.59 bits per heavy atom. The highest BCUT2D eigenvalue weighted by molar-refractivity contribution is 9.09. The molecule has 0 aromatic heterocycles. The third-order valence-electron chi connectivity index (χ3n) is 3.13. The summed E-state index contributed by atoms with van der Waals surface area (Å²) in [7, 11) is 1.61. The molecule has 0 radical (unpaired) electrons. The molecule has 1 aromatic rings. The number of benzene rings is 1. The molecule has 92 valence electrons. The van der Waals surface area contributed by atoms with E-state index in [9.17, 15) is 4.79 Å². The standard InChI is InChI=1S/C13H16BrNO2/c1-17-12-6-2-4-10(8-12)13(16)15-7-3-5-11(15)9-14/h2,4,6,8,11H,3,5,7,9H2,1H3. The second-order valence-electron chi connectivity index (χ2n) is 4.18. The van der Waals surface area contributed by atoms with Crippen LogP contribution in [-0.4, -0.2) is 35.8 Å². The number of ether oxygens (including phenoxy) is 1. The molecule has 1 atom stereocenters. The van der Waals surface area contributed by atoms with Crippen LogP contribution in [0.25, 0.3) is 0 Å². The number of likely N-dealkylation sites (tertiary alicyclic amines) is 1. The zero-order valence-electron chi connectivity index (χ0n) is 9.86. The number of carbonyl (C=O) groups excluding carboxylic acids is 1. The van der Waals surface area contributed by atoms with E-state index >= 15 is 0 Å². The normalized spacial score (nSPS) is 19.4. The van der Waals surface area contributed by atoms with E-state index in [1.807, 2.05) is 23.1 Å². The fourth-order valence-electron chi connectivity index (χ4n) is 2.19. The Morgan fingerprint density at radius 2 is 2.41 bits per heavy atom. The maximum atomic E-state index is 12.3. The van der Waals surface area contributed by atoms with Crippen LogP contribution in [0.5, 0.6) is 5.75 Å². The molecule has 3 nitrogen and oxygen atoms in total. The zero-order chi connectivity index (χ0) is 12.3. The maximum absolute atomic E-state index is 12.3. The molecule has 0 N–H and O–H groups in total. The molecule has 1 aliphatic rings. The summed E-state index contributed by atoms with van der Waals surface area (Å²) in [4.78, 5) is 14.3. The topological polar surface area (TPSA) is 29.5 Å². The molecule has 1 aliphatic heterocycles. The van der Waals surface area contributed by atoms with Crippen molar-refractivity contribution in [1.29, 1.82) is 0 Å². The number of alkyl halides is 1. The van der Waals surface area contributed by atoms with Gasteiger partial charge in [-0.05, 0) is 31.0 Å². The smallest absolute Gasteiger partial charge is 0.254 e. The van der Waals surface area contributed by atoms with E-state index in [1.54, 1.807) is 13.2 Å². The van der Waals surface area contributed by atoms with Gasteiger partial charge in [0.25, 0.3) is 5.91 Å². The van der Waals surface area contributed by atoms with Crippen molar-refractivity contribution in [1.82, 2.24) is 4.90 Å². The first kappa shape index (κ1) is 12.4. The summed E-state index contributed by atoms with van der Waals surface area (Å²) in [6.07, 6.45) is 2.17. The highest BCUT2D eigenvalue weighted by Gasteiger charge is 2.28. The predicted octanol–water partition coefficient (Wildman–Crippen LogP) is 2.69. The molecule has 1 amide bonds. The lowest BCUT2D eigenvalue weighted by molar-refractivity contribution is 0.0750. The van der Waals surface area contributed by atoms with Gasteiger partial charge in [0.15, 0.2) is 0 Å². The van der Waals surface area contributed by atoms with Crippen molar-refractivity contribution < 1.29 is 9.53 Å². The molecule has 1 aromatic carbocycles. The van der Waals surface area contributed by atoms with Crippen LogP contribution in [0, 0.1) is 0 Å².